The molecule has 132 valence electrons. The van der Waals surface area contributed by atoms with Crippen LogP contribution in [0.25, 0.3) is 10.9 Å². The molecule has 26 heavy (non-hydrogen) atoms. The lowest BCUT2D eigenvalue weighted by atomic mass is 9.94. The Bertz CT molecular complexity index is 950. The average Bonchev–Trinajstić information content (AvgIpc) is 3.11. The van der Waals surface area contributed by atoms with Crippen LogP contribution in [0.3, 0.4) is 0 Å². The fraction of sp³-hybridized carbons (Fsp3) is 0.286. The highest BCUT2D eigenvalue weighted by Crippen LogP contribution is 2.37. The molecule has 3 heterocycles. The van der Waals surface area contributed by atoms with Crippen molar-refractivity contribution < 1.29 is 9.53 Å². The molecule has 2 aromatic carbocycles. The standard InChI is InChI=1S/C21H21N3O2/c25-21(26-14-15-5-2-1-3-6-15)23-9-10-24-17(13-23)11-16-12-22-18-7-4-8-19(24)20(16)18/h1-8,12,17,22H,9-11,13-14H2/t17-/m0/s1. The van der Waals surface area contributed by atoms with E-state index in [1.54, 1.807) is 0 Å². The number of fused-ring (bicyclic) bond motifs is 2. The normalized spacial score (nSPS) is 18.7. The molecule has 0 spiro atoms. The Morgan fingerprint density at radius 3 is 2.88 bits per heavy atom. The van der Waals surface area contributed by atoms with Crippen LogP contribution in [0.15, 0.2) is 54.7 Å². The Morgan fingerprint density at radius 2 is 2.00 bits per heavy atom. The molecule has 0 unspecified atom stereocenters. The van der Waals surface area contributed by atoms with E-state index in [0.29, 0.717) is 25.7 Å². The SMILES string of the molecule is O=C(OCc1ccccc1)N1CCN2c3cccc4[nH]cc(c34)C[C@H]2C1. The van der Waals surface area contributed by atoms with E-state index in [-0.39, 0.29) is 6.09 Å². The first-order valence-corrected chi connectivity index (χ1v) is 9.11. The predicted molar refractivity (Wildman–Crippen MR) is 101 cm³/mol. The average molecular weight is 347 g/mol. The van der Waals surface area contributed by atoms with Gasteiger partial charge in [-0.1, -0.05) is 36.4 Å². The molecular formula is C21H21N3O2. The number of hydrogen-bond donors (Lipinski definition) is 1. The van der Waals surface area contributed by atoms with Crippen LogP contribution in [-0.4, -0.2) is 41.7 Å². The van der Waals surface area contributed by atoms with Gasteiger partial charge in [-0.2, -0.15) is 0 Å². The summed E-state index contributed by atoms with van der Waals surface area (Å²) in [4.78, 5) is 20.2. The van der Waals surface area contributed by atoms with E-state index in [2.05, 4.69) is 34.3 Å². The van der Waals surface area contributed by atoms with Crippen LogP contribution in [0.5, 0.6) is 0 Å². The van der Waals surface area contributed by atoms with E-state index in [1.807, 2.05) is 35.2 Å². The van der Waals surface area contributed by atoms with E-state index in [9.17, 15) is 4.79 Å². The summed E-state index contributed by atoms with van der Waals surface area (Å²) in [6.45, 7) is 2.57. The van der Waals surface area contributed by atoms with E-state index in [4.69, 9.17) is 4.74 Å². The van der Waals surface area contributed by atoms with Crippen LogP contribution in [0.2, 0.25) is 0 Å². The molecule has 5 heteroatoms. The van der Waals surface area contributed by atoms with Crippen LogP contribution < -0.4 is 4.90 Å². The molecule has 1 atom stereocenters. The quantitative estimate of drug-likeness (QED) is 0.771. The van der Waals surface area contributed by atoms with Gasteiger partial charge < -0.3 is 19.5 Å². The van der Waals surface area contributed by atoms with Crippen molar-refractivity contribution in [2.45, 2.75) is 19.1 Å². The minimum absolute atomic E-state index is 0.216. The first-order chi connectivity index (χ1) is 12.8. The zero-order chi connectivity index (χ0) is 17.5. The van der Waals surface area contributed by atoms with Crippen LogP contribution in [-0.2, 0) is 17.8 Å². The number of aromatic nitrogens is 1. The molecule has 1 N–H and O–H groups in total. The van der Waals surface area contributed by atoms with Gasteiger partial charge in [0.15, 0.2) is 0 Å². The van der Waals surface area contributed by atoms with Crippen molar-refractivity contribution in [3.63, 3.8) is 0 Å². The Hall–Kier alpha value is -2.95. The minimum atomic E-state index is -0.216. The monoisotopic (exact) mass is 347 g/mol. The van der Waals surface area contributed by atoms with Crippen LogP contribution in [0.4, 0.5) is 10.5 Å². The van der Waals surface area contributed by atoms with Crippen LogP contribution in [0.1, 0.15) is 11.1 Å². The number of rotatable bonds is 2. The van der Waals surface area contributed by atoms with Crippen molar-refractivity contribution in [3.05, 3.63) is 65.9 Å². The van der Waals surface area contributed by atoms with Gasteiger partial charge in [-0.3, -0.25) is 0 Å². The summed E-state index contributed by atoms with van der Waals surface area (Å²) < 4.78 is 5.52. The zero-order valence-electron chi connectivity index (χ0n) is 14.5. The number of anilines is 1. The second kappa shape index (κ2) is 6.09. The molecule has 1 aromatic heterocycles. The minimum Gasteiger partial charge on any atom is -0.445 e. The number of hydrogen-bond acceptors (Lipinski definition) is 3. The molecule has 5 rings (SSSR count). The third kappa shape index (κ3) is 2.51. The van der Waals surface area contributed by atoms with Gasteiger partial charge in [-0.15, -0.1) is 0 Å². The third-order valence-electron chi connectivity index (χ3n) is 5.48. The number of aromatic amines is 1. The number of H-pyrrole nitrogens is 1. The molecule has 1 amide bonds. The van der Waals surface area contributed by atoms with E-state index in [1.165, 1.54) is 22.2 Å². The van der Waals surface area contributed by atoms with E-state index < -0.39 is 0 Å². The molecule has 3 aromatic rings. The Labute approximate surface area is 152 Å². The molecule has 2 aliphatic heterocycles. The van der Waals surface area contributed by atoms with Crippen molar-refractivity contribution in [3.8, 4) is 0 Å². The first kappa shape index (κ1) is 15.3. The topological polar surface area (TPSA) is 48.6 Å². The lowest BCUT2D eigenvalue weighted by Gasteiger charge is -2.44. The molecule has 5 nitrogen and oxygen atoms in total. The van der Waals surface area contributed by atoms with Gasteiger partial charge in [0.25, 0.3) is 0 Å². The maximum atomic E-state index is 12.5. The van der Waals surface area contributed by atoms with E-state index >= 15 is 0 Å². The van der Waals surface area contributed by atoms with E-state index in [0.717, 1.165) is 18.5 Å². The lowest BCUT2D eigenvalue weighted by Crippen LogP contribution is -2.56. The van der Waals surface area contributed by atoms with Crippen molar-refractivity contribution >= 4 is 22.7 Å². The van der Waals surface area contributed by atoms with Crippen molar-refractivity contribution in [1.82, 2.24) is 9.88 Å². The first-order valence-electron chi connectivity index (χ1n) is 9.11. The summed E-state index contributed by atoms with van der Waals surface area (Å²) in [6.07, 6.45) is 2.85. The van der Waals surface area contributed by atoms with Crippen molar-refractivity contribution in [2.24, 2.45) is 0 Å². The molecule has 0 radical (unpaired) electrons. The molecule has 0 saturated carbocycles. The summed E-state index contributed by atoms with van der Waals surface area (Å²) in [5.74, 6) is 0. The van der Waals surface area contributed by atoms with Gasteiger partial charge >= 0.3 is 6.09 Å². The van der Waals surface area contributed by atoms with Gasteiger partial charge in [0.1, 0.15) is 6.61 Å². The summed E-state index contributed by atoms with van der Waals surface area (Å²) >= 11 is 0. The molecule has 0 bridgehead atoms. The molecule has 1 saturated heterocycles. The number of benzene rings is 2. The smallest absolute Gasteiger partial charge is 0.410 e. The number of amides is 1. The highest BCUT2D eigenvalue weighted by molar-refractivity contribution is 5.97. The highest BCUT2D eigenvalue weighted by atomic mass is 16.6. The fourth-order valence-corrected chi connectivity index (χ4v) is 4.21. The molecule has 1 fully saturated rings. The second-order valence-electron chi connectivity index (χ2n) is 7.05. The number of nitrogens with zero attached hydrogens (tertiary/aromatic N) is 2. The molecule has 0 aliphatic carbocycles. The summed E-state index contributed by atoms with van der Waals surface area (Å²) in [5.41, 5.74) is 4.84. The zero-order valence-corrected chi connectivity index (χ0v) is 14.5. The maximum absolute atomic E-state index is 12.5. The molecular weight excluding hydrogens is 326 g/mol. The fourth-order valence-electron chi connectivity index (χ4n) is 4.21. The van der Waals surface area contributed by atoms with Crippen molar-refractivity contribution in [2.75, 3.05) is 24.5 Å². The number of nitrogens with one attached hydrogen (secondary N) is 1. The van der Waals surface area contributed by atoms with Gasteiger partial charge in [0.2, 0.25) is 0 Å². The number of carbonyl (C=O) groups excluding carboxylic acids is 1. The van der Waals surface area contributed by atoms with Gasteiger partial charge in [0, 0.05) is 42.4 Å². The van der Waals surface area contributed by atoms with Crippen molar-refractivity contribution in [1.29, 1.82) is 0 Å². The molecule has 2 aliphatic rings. The number of carbonyl (C=O) groups is 1. The Balaban J connectivity index is 1.30. The lowest BCUT2D eigenvalue weighted by molar-refractivity contribution is 0.0888. The van der Waals surface area contributed by atoms with Gasteiger partial charge in [-0.25, -0.2) is 4.79 Å². The third-order valence-corrected chi connectivity index (χ3v) is 5.48. The Kier molecular flexibility index (Phi) is 3.59. The summed E-state index contributed by atoms with van der Waals surface area (Å²) in [6, 6.07) is 16.5. The van der Waals surface area contributed by atoms with Crippen LogP contribution in [0, 0.1) is 0 Å². The summed E-state index contributed by atoms with van der Waals surface area (Å²) in [5, 5.41) is 1.34. The highest BCUT2D eigenvalue weighted by Gasteiger charge is 2.35. The number of piperazine rings is 1. The number of ether oxygens (including phenoxy) is 1. The van der Waals surface area contributed by atoms with Gasteiger partial charge in [-0.05, 0) is 29.7 Å². The van der Waals surface area contributed by atoms with Crippen LogP contribution >= 0.6 is 0 Å². The Morgan fingerprint density at radius 1 is 1.12 bits per heavy atom. The maximum Gasteiger partial charge on any atom is 0.410 e. The predicted octanol–water partition coefficient (Wildman–Crippen LogP) is 3.55. The largest absolute Gasteiger partial charge is 0.445 e. The van der Waals surface area contributed by atoms with Gasteiger partial charge in [0.05, 0.1) is 6.04 Å². The second-order valence-corrected chi connectivity index (χ2v) is 7.05. The summed E-state index contributed by atoms with van der Waals surface area (Å²) in [7, 11) is 0.